The Balaban J connectivity index is 2.67. The lowest BCUT2D eigenvalue weighted by Crippen LogP contribution is -2.37. The minimum absolute atomic E-state index is 0.0200. The van der Waals surface area contributed by atoms with E-state index in [9.17, 15) is 8.78 Å². The van der Waals surface area contributed by atoms with Gasteiger partial charge in [0, 0.05) is 25.3 Å². The fraction of sp³-hybridized carbons (Fsp3) is 0.500. The number of nitrogens with one attached hydrogen (secondary N) is 1. The molecule has 19 heavy (non-hydrogen) atoms. The first-order chi connectivity index (χ1) is 8.89. The van der Waals surface area contributed by atoms with E-state index < -0.39 is 17.2 Å². The minimum Gasteiger partial charge on any atom is -0.375 e. The molecule has 0 heterocycles. The molecule has 0 atom stereocenters. The smallest absolute Gasteiger partial charge is 0.131 e. The molecular formula is C14H18F2N2O. The molecule has 1 rings (SSSR count). The van der Waals surface area contributed by atoms with Crippen LogP contribution in [0.5, 0.6) is 0 Å². The predicted octanol–water partition coefficient (Wildman–Crippen LogP) is 2.74. The summed E-state index contributed by atoms with van der Waals surface area (Å²) in [4.78, 5) is 0. The third-order valence-electron chi connectivity index (χ3n) is 2.66. The van der Waals surface area contributed by atoms with Crippen LogP contribution in [0.1, 0.15) is 31.9 Å². The molecule has 0 saturated carbocycles. The van der Waals surface area contributed by atoms with E-state index in [4.69, 9.17) is 10.00 Å². The SMILES string of the molecule is CCOC(C)(C)CNCc1c(F)cc(C#N)cc1F. The predicted molar refractivity (Wildman–Crippen MR) is 68.5 cm³/mol. The molecule has 1 aromatic carbocycles. The summed E-state index contributed by atoms with van der Waals surface area (Å²) >= 11 is 0. The van der Waals surface area contributed by atoms with Crippen LogP contribution in [-0.4, -0.2) is 18.8 Å². The summed E-state index contributed by atoms with van der Waals surface area (Å²) in [6.45, 7) is 6.79. The van der Waals surface area contributed by atoms with Gasteiger partial charge in [0.25, 0.3) is 0 Å². The van der Waals surface area contributed by atoms with Gasteiger partial charge in [-0.25, -0.2) is 8.78 Å². The summed E-state index contributed by atoms with van der Waals surface area (Å²) in [7, 11) is 0. The second-order valence-corrected chi connectivity index (χ2v) is 4.83. The summed E-state index contributed by atoms with van der Waals surface area (Å²) < 4.78 is 32.7. The molecule has 0 bridgehead atoms. The molecule has 0 unspecified atom stereocenters. The molecule has 1 aromatic rings. The zero-order chi connectivity index (χ0) is 14.5. The van der Waals surface area contributed by atoms with Gasteiger partial charge in [0.05, 0.1) is 17.2 Å². The zero-order valence-corrected chi connectivity index (χ0v) is 11.4. The van der Waals surface area contributed by atoms with Gasteiger partial charge >= 0.3 is 0 Å². The summed E-state index contributed by atoms with van der Waals surface area (Å²) in [6, 6.07) is 3.78. The molecule has 0 aliphatic rings. The molecule has 0 aliphatic carbocycles. The van der Waals surface area contributed by atoms with Crippen molar-refractivity contribution in [3.63, 3.8) is 0 Å². The van der Waals surface area contributed by atoms with Gasteiger partial charge < -0.3 is 10.1 Å². The third kappa shape index (κ3) is 4.58. The maximum atomic E-state index is 13.6. The second kappa shape index (κ2) is 6.60. The maximum Gasteiger partial charge on any atom is 0.131 e. The van der Waals surface area contributed by atoms with E-state index in [1.54, 1.807) is 6.07 Å². The molecule has 0 aromatic heterocycles. The van der Waals surface area contributed by atoms with E-state index >= 15 is 0 Å². The van der Waals surface area contributed by atoms with E-state index in [-0.39, 0.29) is 17.7 Å². The van der Waals surface area contributed by atoms with Crippen molar-refractivity contribution in [2.45, 2.75) is 32.9 Å². The van der Waals surface area contributed by atoms with Crippen molar-refractivity contribution in [2.75, 3.05) is 13.2 Å². The Morgan fingerprint density at radius 1 is 1.32 bits per heavy atom. The number of hydrogen-bond acceptors (Lipinski definition) is 3. The Kier molecular flexibility index (Phi) is 5.40. The van der Waals surface area contributed by atoms with Gasteiger partial charge in [-0.15, -0.1) is 0 Å². The average Bonchev–Trinajstić information content (AvgIpc) is 2.32. The van der Waals surface area contributed by atoms with Crippen molar-refractivity contribution in [3.05, 3.63) is 34.9 Å². The molecule has 0 radical (unpaired) electrons. The maximum absolute atomic E-state index is 13.6. The van der Waals surface area contributed by atoms with Crippen LogP contribution in [0.25, 0.3) is 0 Å². The van der Waals surface area contributed by atoms with Gasteiger partial charge in [-0.2, -0.15) is 5.26 Å². The Hall–Kier alpha value is -1.51. The fourth-order valence-electron chi connectivity index (χ4n) is 1.77. The topological polar surface area (TPSA) is 45.0 Å². The first-order valence-electron chi connectivity index (χ1n) is 6.12. The molecule has 1 N–H and O–H groups in total. The van der Waals surface area contributed by atoms with Gasteiger partial charge in [0.2, 0.25) is 0 Å². The lowest BCUT2D eigenvalue weighted by molar-refractivity contribution is -0.00906. The van der Waals surface area contributed by atoms with Crippen LogP contribution in [0.3, 0.4) is 0 Å². The molecule has 0 aliphatic heterocycles. The fourth-order valence-corrected chi connectivity index (χ4v) is 1.77. The van der Waals surface area contributed by atoms with E-state index in [1.807, 2.05) is 20.8 Å². The summed E-state index contributed by atoms with van der Waals surface area (Å²) in [5.74, 6) is -1.42. The van der Waals surface area contributed by atoms with Crippen LogP contribution in [0.4, 0.5) is 8.78 Å². The molecule has 0 spiro atoms. The largest absolute Gasteiger partial charge is 0.375 e. The summed E-state index contributed by atoms with van der Waals surface area (Å²) in [5, 5.41) is 11.6. The Morgan fingerprint density at radius 3 is 2.37 bits per heavy atom. The van der Waals surface area contributed by atoms with E-state index in [2.05, 4.69) is 5.32 Å². The van der Waals surface area contributed by atoms with Gasteiger partial charge in [-0.3, -0.25) is 0 Å². The number of halogens is 2. The highest BCUT2D eigenvalue weighted by Crippen LogP contribution is 2.15. The number of hydrogen-bond donors (Lipinski definition) is 1. The highest BCUT2D eigenvalue weighted by atomic mass is 19.1. The molecular weight excluding hydrogens is 250 g/mol. The van der Waals surface area contributed by atoms with Crippen molar-refractivity contribution in [1.29, 1.82) is 5.26 Å². The van der Waals surface area contributed by atoms with Crippen LogP contribution in [-0.2, 0) is 11.3 Å². The number of nitrogens with zero attached hydrogens (tertiary/aromatic N) is 1. The first kappa shape index (κ1) is 15.5. The number of rotatable bonds is 6. The lowest BCUT2D eigenvalue weighted by Gasteiger charge is -2.25. The van der Waals surface area contributed by atoms with Crippen molar-refractivity contribution >= 4 is 0 Å². The summed E-state index contributed by atoms with van der Waals surface area (Å²) in [5.41, 5.74) is -0.478. The molecule has 0 amide bonds. The highest BCUT2D eigenvalue weighted by Gasteiger charge is 2.18. The van der Waals surface area contributed by atoms with Gasteiger partial charge in [0.1, 0.15) is 11.6 Å². The Morgan fingerprint density at radius 2 is 1.89 bits per heavy atom. The highest BCUT2D eigenvalue weighted by molar-refractivity contribution is 5.34. The lowest BCUT2D eigenvalue weighted by atomic mass is 10.1. The van der Waals surface area contributed by atoms with Crippen LogP contribution in [0.2, 0.25) is 0 Å². The standard InChI is InChI=1S/C14H18F2N2O/c1-4-19-14(2,3)9-18-8-11-12(15)5-10(7-17)6-13(11)16/h5-6,18H,4,8-9H2,1-3H3. The molecule has 104 valence electrons. The molecule has 3 nitrogen and oxygen atoms in total. The van der Waals surface area contributed by atoms with Crippen molar-refractivity contribution in [1.82, 2.24) is 5.32 Å². The monoisotopic (exact) mass is 268 g/mol. The average molecular weight is 268 g/mol. The number of ether oxygens (including phenoxy) is 1. The quantitative estimate of drug-likeness (QED) is 0.862. The number of nitriles is 1. The third-order valence-corrected chi connectivity index (χ3v) is 2.66. The Labute approximate surface area is 112 Å². The molecule has 0 fully saturated rings. The van der Waals surface area contributed by atoms with Gasteiger partial charge in [-0.1, -0.05) is 0 Å². The van der Waals surface area contributed by atoms with Crippen molar-refractivity contribution < 1.29 is 13.5 Å². The van der Waals surface area contributed by atoms with Crippen molar-refractivity contribution in [3.8, 4) is 6.07 Å². The van der Waals surface area contributed by atoms with Gasteiger partial charge in [-0.05, 0) is 32.9 Å². The summed E-state index contributed by atoms with van der Waals surface area (Å²) in [6.07, 6.45) is 0. The van der Waals surface area contributed by atoms with Gasteiger partial charge in [0.15, 0.2) is 0 Å². The Bertz CT molecular complexity index is 458. The normalized spacial score (nSPS) is 11.4. The van der Waals surface area contributed by atoms with E-state index in [0.717, 1.165) is 12.1 Å². The van der Waals surface area contributed by atoms with E-state index in [0.29, 0.717) is 13.2 Å². The van der Waals surface area contributed by atoms with Crippen LogP contribution in [0.15, 0.2) is 12.1 Å². The van der Waals surface area contributed by atoms with Crippen molar-refractivity contribution in [2.24, 2.45) is 0 Å². The van der Waals surface area contributed by atoms with Crippen LogP contribution < -0.4 is 5.32 Å². The number of benzene rings is 1. The minimum atomic E-state index is -0.710. The second-order valence-electron chi connectivity index (χ2n) is 4.83. The molecule has 5 heteroatoms. The van der Waals surface area contributed by atoms with Crippen LogP contribution in [0, 0.1) is 23.0 Å². The zero-order valence-electron chi connectivity index (χ0n) is 11.4. The first-order valence-corrected chi connectivity index (χ1v) is 6.12. The molecule has 0 saturated heterocycles. The van der Waals surface area contributed by atoms with E-state index in [1.165, 1.54) is 0 Å². The van der Waals surface area contributed by atoms with Crippen LogP contribution >= 0.6 is 0 Å².